The molecule has 1 aliphatic carbocycles. The molecule has 0 aliphatic heterocycles. The van der Waals surface area contributed by atoms with E-state index in [2.05, 4.69) is 22.3 Å². The van der Waals surface area contributed by atoms with E-state index in [-0.39, 0.29) is 11.1 Å². The number of carbonyl (C=O) groups excluding carboxylic acids is 1. The summed E-state index contributed by atoms with van der Waals surface area (Å²) in [5.74, 6) is 5.50. The summed E-state index contributed by atoms with van der Waals surface area (Å²) in [6.07, 6.45) is 3.71. The predicted octanol–water partition coefficient (Wildman–Crippen LogP) is 2.45. The van der Waals surface area contributed by atoms with Gasteiger partial charge in [-0.05, 0) is 18.9 Å². The normalized spacial score (nSPS) is 15.6. The van der Waals surface area contributed by atoms with Crippen LogP contribution < -0.4 is 11.3 Å². The highest BCUT2D eigenvalue weighted by Crippen LogP contribution is 2.46. The molecule has 1 aromatic carbocycles. The standard InChI is InChI=1S/C15H15ClN4O/c1-15(6-7-15)14-18-8-10(12(19-14)13(21)20-17)9-4-2-3-5-11(9)16/h2-5,8H,6-7,17H2,1H3,(H,20,21). The van der Waals surface area contributed by atoms with Crippen molar-refractivity contribution < 1.29 is 4.79 Å². The molecule has 1 amide bonds. The Balaban J connectivity index is 2.16. The van der Waals surface area contributed by atoms with E-state index in [0.29, 0.717) is 22.0 Å². The molecule has 108 valence electrons. The number of benzene rings is 1. The highest BCUT2D eigenvalue weighted by molar-refractivity contribution is 6.33. The molecule has 6 heteroatoms. The molecule has 1 aliphatic rings. The highest BCUT2D eigenvalue weighted by Gasteiger charge is 2.42. The first-order valence-corrected chi connectivity index (χ1v) is 7.06. The molecule has 1 heterocycles. The quantitative estimate of drug-likeness (QED) is 0.518. The number of nitrogen functional groups attached to an aromatic ring is 1. The second kappa shape index (κ2) is 5.09. The summed E-state index contributed by atoms with van der Waals surface area (Å²) in [5, 5.41) is 0.539. The Hall–Kier alpha value is -1.98. The first-order valence-electron chi connectivity index (χ1n) is 6.68. The van der Waals surface area contributed by atoms with E-state index in [1.54, 1.807) is 12.3 Å². The van der Waals surface area contributed by atoms with Gasteiger partial charge in [-0.15, -0.1) is 0 Å². The van der Waals surface area contributed by atoms with Crippen molar-refractivity contribution in [3.8, 4) is 11.1 Å². The van der Waals surface area contributed by atoms with Gasteiger partial charge in [0.05, 0.1) is 0 Å². The van der Waals surface area contributed by atoms with Gasteiger partial charge in [-0.2, -0.15) is 0 Å². The number of rotatable bonds is 3. The summed E-state index contributed by atoms with van der Waals surface area (Å²) in [6, 6.07) is 7.26. The molecule has 3 rings (SSSR count). The molecule has 0 bridgehead atoms. The van der Waals surface area contributed by atoms with Gasteiger partial charge in [0.15, 0.2) is 0 Å². The smallest absolute Gasteiger partial charge is 0.284 e. The van der Waals surface area contributed by atoms with Gasteiger partial charge in [-0.3, -0.25) is 10.2 Å². The molecule has 1 aromatic heterocycles. The summed E-state index contributed by atoms with van der Waals surface area (Å²) >= 11 is 6.20. The van der Waals surface area contributed by atoms with Crippen molar-refractivity contribution in [2.24, 2.45) is 5.84 Å². The van der Waals surface area contributed by atoms with Gasteiger partial charge >= 0.3 is 0 Å². The molecular formula is C15H15ClN4O. The Morgan fingerprint density at radius 3 is 2.67 bits per heavy atom. The molecule has 0 saturated heterocycles. The second-order valence-corrected chi connectivity index (χ2v) is 5.88. The van der Waals surface area contributed by atoms with E-state index < -0.39 is 5.91 Å². The van der Waals surface area contributed by atoms with Crippen LogP contribution >= 0.6 is 11.6 Å². The molecule has 0 atom stereocenters. The highest BCUT2D eigenvalue weighted by atomic mass is 35.5. The lowest BCUT2D eigenvalue weighted by Crippen LogP contribution is -2.32. The number of nitrogens with one attached hydrogen (secondary N) is 1. The average molecular weight is 303 g/mol. The first kappa shape index (κ1) is 14.0. The average Bonchev–Trinajstić information content (AvgIpc) is 3.25. The molecule has 2 aromatic rings. The van der Waals surface area contributed by atoms with Gasteiger partial charge in [0.2, 0.25) is 0 Å². The van der Waals surface area contributed by atoms with Crippen LogP contribution in [0.4, 0.5) is 0 Å². The van der Waals surface area contributed by atoms with Crippen molar-refractivity contribution in [2.45, 2.75) is 25.2 Å². The molecule has 3 N–H and O–H groups in total. The first-order chi connectivity index (χ1) is 10.0. The van der Waals surface area contributed by atoms with Gasteiger partial charge in [0.1, 0.15) is 11.5 Å². The van der Waals surface area contributed by atoms with Crippen LogP contribution in [0.2, 0.25) is 5.02 Å². The van der Waals surface area contributed by atoms with Crippen LogP contribution in [0.15, 0.2) is 30.5 Å². The number of amides is 1. The maximum Gasteiger partial charge on any atom is 0.284 e. The van der Waals surface area contributed by atoms with Crippen molar-refractivity contribution >= 4 is 17.5 Å². The van der Waals surface area contributed by atoms with E-state index >= 15 is 0 Å². The van der Waals surface area contributed by atoms with E-state index in [1.807, 2.05) is 18.2 Å². The van der Waals surface area contributed by atoms with Gasteiger partial charge in [-0.25, -0.2) is 15.8 Å². The fraction of sp³-hybridized carbons (Fsp3) is 0.267. The Labute approximate surface area is 127 Å². The zero-order chi connectivity index (χ0) is 15.0. The minimum absolute atomic E-state index is 0.0252. The number of aromatic nitrogens is 2. The number of halogens is 1. The minimum atomic E-state index is -0.446. The molecule has 21 heavy (non-hydrogen) atoms. The number of hydrogen-bond acceptors (Lipinski definition) is 4. The van der Waals surface area contributed by atoms with Crippen LogP contribution in [-0.4, -0.2) is 15.9 Å². The molecular weight excluding hydrogens is 288 g/mol. The Kier molecular flexibility index (Phi) is 3.39. The third kappa shape index (κ3) is 2.50. The SMILES string of the molecule is CC1(c2ncc(-c3ccccc3Cl)c(C(=O)NN)n2)CC1. The van der Waals surface area contributed by atoms with Crippen LogP contribution in [-0.2, 0) is 5.41 Å². The predicted molar refractivity (Wildman–Crippen MR) is 80.7 cm³/mol. The van der Waals surface area contributed by atoms with Crippen LogP contribution in [0.5, 0.6) is 0 Å². The van der Waals surface area contributed by atoms with Gasteiger partial charge in [0.25, 0.3) is 5.91 Å². The van der Waals surface area contributed by atoms with E-state index in [4.69, 9.17) is 17.4 Å². The lowest BCUT2D eigenvalue weighted by molar-refractivity contribution is 0.0949. The zero-order valence-electron chi connectivity index (χ0n) is 11.6. The summed E-state index contributed by atoms with van der Waals surface area (Å²) in [6.45, 7) is 2.08. The second-order valence-electron chi connectivity index (χ2n) is 5.47. The molecule has 5 nitrogen and oxygen atoms in total. The van der Waals surface area contributed by atoms with Crippen LogP contribution in [0, 0.1) is 0 Å². The summed E-state index contributed by atoms with van der Waals surface area (Å²) in [5.41, 5.74) is 3.66. The molecule has 1 fully saturated rings. The number of hydrazine groups is 1. The van der Waals surface area contributed by atoms with Crippen molar-refractivity contribution in [2.75, 3.05) is 0 Å². The Morgan fingerprint density at radius 2 is 2.05 bits per heavy atom. The number of nitrogens with zero attached hydrogens (tertiary/aromatic N) is 2. The topological polar surface area (TPSA) is 80.9 Å². The van der Waals surface area contributed by atoms with Crippen molar-refractivity contribution in [3.05, 3.63) is 47.0 Å². The largest absolute Gasteiger partial charge is 0.289 e. The number of hydrogen-bond donors (Lipinski definition) is 2. The fourth-order valence-electron chi connectivity index (χ4n) is 2.20. The molecule has 0 spiro atoms. The summed E-state index contributed by atoms with van der Waals surface area (Å²) in [7, 11) is 0. The third-order valence-corrected chi connectivity index (χ3v) is 4.17. The minimum Gasteiger partial charge on any atom is -0.289 e. The maximum absolute atomic E-state index is 12.0. The fourth-order valence-corrected chi connectivity index (χ4v) is 2.44. The molecule has 1 saturated carbocycles. The van der Waals surface area contributed by atoms with E-state index in [1.165, 1.54) is 0 Å². The monoisotopic (exact) mass is 302 g/mol. The van der Waals surface area contributed by atoms with Crippen molar-refractivity contribution in [1.29, 1.82) is 0 Å². The maximum atomic E-state index is 12.0. The Morgan fingerprint density at radius 1 is 1.33 bits per heavy atom. The molecule has 0 radical (unpaired) electrons. The van der Waals surface area contributed by atoms with Gasteiger partial charge < -0.3 is 0 Å². The van der Waals surface area contributed by atoms with Gasteiger partial charge in [0, 0.05) is 27.8 Å². The summed E-state index contributed by atoms with van der Waals surface area (Å²) in [4.78, 5) is 20.9. The van der Waals surface area contributed by atoms with Crippen LogP contribution in [0.25, 0.3) is 11.1 Å². The third-order valence-electron chi connectivity index (χ3n) is 3.84. The Bertz CT molecular complexity index is 713. The number of nitrogens with two attached hydrogens (primary N) is 1. The number of carbonyl (C=O) groups is 1. The van der Waals surface area contributed by atoms with E-state index in [0.717, 1.165) is 12.8 Å². The lowest BCUT2D eigenvalue weighted by atomic mass is 10.0. The van der Waals surface area contributed by atoms with Crippen LogP contribution in [0.3, 0.4) is 0 Å². The van der Waals surface area contributed by atoms with Crippen LogP contribution in [0.1, 0.15) is 36.1 Å². The van der Waals surface area contributed by atoms with E-state index in [9.17, 15) is 4.79 Å². The van der Waals surface area contributed by atoms with Crippen molar-refractivity contribution in [1.82, 2.24) is 15.4 Å². The molecule has 0 unspecified atom stereocenters. The summed E-state index contributed by atoms with van der Waals surface area (Å²) < 4.78 is 0. The zero-order valence-corrected chi connectivity index (χ0v) is 12.3. The van der Waals surface area contributed by atoms with Crippen molar-refractivity contribution in [3.63, 3.8) is 0 Å². The lowest BCUT2D eigenvalue weighted by Gasteiger charge is -2.13. The van der Waals surface area contributed by atoms with Gasteiger partial charge in [-0.1, -0.05) is 36.7 Å².